The van der Waals surface area contributed by atoms with Crippen molar-refractivity contribution in [3.63, 3.8) is 0 Å². The Hall–Kier alpha value is -1.69. The van der Waals surface area contributed by atoms with E-state index in [-0.39, 0.29) is 5.69 Å². The third kappa shape index (κ3) is 1.75. The molecular formula is C9H9N3O2S. The molecular weight excluding hydrogens is 214 g/mol. The molecule has 0 unspecified atom stereocenters. The van der Waals surface area contributed by atoms with Crippen molar-refractivity contribution >= 4 is 17.3 Å². The molecule has 0 aliphatic carbocycles. The molecule has 0 spiro atoms. The first kappa shape index (κ1) is 9.85. The highest BCUT2D eigenvalue weighted by Crippen LogP contribution is 2.24. The lowest BCUT2D eigenvalue weighted by Gasteiger charge is -1.91. The van der Waals surface area contributed by atoms with Crippen molar-refractivity contribution in [1.82, 2.24) is 14.8 Å². The van der Waals surface area contributed by atoms with Gasteiger partial charge in [-0.3, -0.25) is 4.68 Å². The first-order valence-corrected chi connectivity index (χ1v) is 5.09. The maximum atomic E-state index is 10.8. The van der Waals surface area contributed by atoms with Crippen molar-refractivity contribution in [2.75, 3.05) is 0 Å². The van der Waals surface area contributed by atoms with Crippen molar-refractivity contribution < 1.29 is 9.90 Å². The molecule has 0 saturated heterocycles. The highest BCUT2D eigenvalue weighted by Gasteiger charge is 2.13. The van der Waals surface area contributed by atoms with E-state index in [1.54, 1.807) is 19.3 Å². The van der Waals surface area contributed by atoms with Gasteiger partial charge in [0.05, 0.1) is 9.88 Å². The number of hydrogen-bond acceptors (Lipinski definition) is 4. The zero-order valence-electron chi connectivity index (χ0n) is 8.26. The Morgan fingerprint density at radius 3 is 2.80 bits per heavy atom. The van der Waals surface area contributed by atoms with Gasteiger partial charge in [-0.2, -0.15) is 5.10 Å². The average molecular weight is 223 g/mol. The van der Waals surface area contributed by atoms with E-state index in [9.17, 15) is 4.79 Å². The first-order chi connectivity index (χ1) is 7.08. The summed E-state index contributed by atoms with van der Waals surface area (Å²) in [6, 6.07) is 1.55. The van der Waals surface area contributed by atoms with Crippen molar-refractivity contribution in [1.29, 1.82) is 0 Å². The maximum Gasteiger partial charge on any atom is 0.354 e. The van der Waals surface area contributed by atoms with Crippen LogP contribution >= 0.6 is 11.3 Å². The summed E-state index contributed by atoms with van der Waals surface area (Å²) in [6.07, 6.45) is 1.70. The van der Waals surface area contributed by atoms with E-state index in [0.29, 0.717) is 5.69 Å². The predicted molar refractivity (Wildman–Crippen MR) is 56.0 cm³/mol. The van der Waals surface area contributed by atoms with Crippen molar-refractivity contribution in [3.05, 3.63) is 23.0 Å². The lowest BCUT2D eigenvalue weighted by atomic mass is 10.3. The molecule has 0 fully saturated rings. The molecule has 6 heteroatoms. The molecule has 0 atom stereocenters. The molecule has 5 nitrogen and oxygen atoms in total. The smallest absolute Gasteiger partial charge is 0.354 e. The topological polar surface area (TPSA) is 68.0 Å². The molecule has 0 aromatic carbocycles. The maximum absolute atomic E-state index is 10.8. The lowest BCUT2D eigenvalue weighted by Crippen LogP contribution is -2.04. The summed E-state index contributed by atoms with van der Waals surface area (Å²) in [6.45, 7) is 1.90. The summed E-state index contributed by atoms with van der Waals surface area (Å²) < 4.78 is 1.35. The molecule has 0 aliphatic rings. The fraction of sp³-hybridized carbons (Fsp3) is 0.222. The molecule has 0 saturated carbocycles. The molecule has 0 aliphatic heterocycles. The van der Waals surface area contributed by atoms with Gasteiger partial charge in [-0.25, -0.2) is 9.78 Å². The molecule has 2 heterocycles. The van der Waals surface area contributed by atoms with Crippen LogP contribution in [0.1, 0.15) is 15.5 Å². The number of hydrogen-bond donors (Lipinski definition) is 1. The summed E-state index contributed by atoms with van der Waals surface area (Å²) in [5, 5.41) is 13.9. The summed E-state index contributed by atoms with van der Waals surface area (Å²) >= 11 is 1.49. The van der Waals surface area contributed by atoms with E-state index < -0.39 is 5.97 Å². The quantitative estimate of drug-likeness (QED) is 0.838. The minimum absolute atomic E-state index is 0.177. The Kier molecular flexibility index (Phi) is 2.28. The van der Waals surface area contributed by atoms with E-state index in [2.05, 4.69) is 10.1 Å². The molecule has 0 radical (unpaired) electrons. The van der Waals surface area contributed by atoms with Crippen LogP contribution in [0.2, 0.25) is 0 Å². The molecule has 0 amide bonds. The van der Waals surface area contributed by atoms with Crippen LogP contribution in [0.4, 0.5) is 0 Å². The van der Waals surface area contributed by atoms with Crippen LogP contribution in [0.5, 0.6) is 0 Å². The Morgan fingerprint density at radius 2 is 2.33 bits per heavy atom. The molecule has 2 rings (SSSR count). The first-order valence-electron chi connectivity index (χ1n) is 4.28. The lowest BCUT2D eigenvalue weighted by molar-refractivity contribution is 0.0685. The summed E-state index contributed by atoms with van der Waals surface area (Å²) in [5.74, 6) is -0.975. The Bertz CT molecular complexity index is 515. The molecule has 0 bridgehead atoms. The summed E-state index contributed by atoms with van der Waals surface area (Å²) in [7, 11) is 1.61. The minimum Gasteiger partial charge on any atom is -0.477 e. The Labute approximate surface area is 90.0 Å². The van der Waals surface area contributed by atoms with Crippen LogP contribution in [0.25, 0.3) is 10.6 Å². The fourth-order valence-corrected chi connectivity index (χ4v) is 2.00. The zero-order chi connectivity index (χ0) is 11.0. The SMILES string of the molecule is Cc1ncc(-c2cc(C(=O)O)n(C)n2)s1. The van der Waals surface area contributed by atoms with E-state index in [0.717, 1.165) is 9.88 Å². The third-order valence-corrected chi connectivity index (χ3v) is 2.91. The van der Waals surface area contributed by atoms with Crippen molar-refractivity contribution in [3.8, 4) is 10.6 Å². The highest BCUT2D eigenvalue weighted by atomic mass is 32.1. The van der Waals surface area contributed by atoms with Crippen LogP contribution in [0.3, 0.4) is 0 Å². The van der Waals surface area contributed by atoms with Gasteiger partial charge < -0.3 is 5.11 Å². The van der Waals surface area contributed by atoms with Gasteiger partial charge in [0.25, 0.3) is 0 Å². The normalized spacial score (nSPS) is 10.5. The van der Waals surface area contributed by atoms with E-state index >= 15 is 0 Å². The number of carbonyl (C=O) groups is 1. The van der Waals surface area contributed by atoms with Crippen molar-refractivity contribution in [2.24, 2.45) is 7.05 Å². The summed E-state index contributed by atoms with van der Waals surface area (Å²) in [4.78, 5) is 15.8. The molecule has 78 valence electrons. The van der Waals surface area contributed by atoms with Crippen molar-refractivity contribution in [2.45, 2.75) is 6.92 Å². The highest BCUT2D eigenvalue weighted by molar-refractivity contribution is 7.15. The van der Waals surface area contributed by atoms with Gasteiger partial charge in [-0.15, -0.1) is 11.3 Å². The van der Waals surface area contributed by atoms with Crippen LogP contribution in [0, 0.1) is 6.92 Å². The molecule has 2 aromatic rings. The van der Waals surface area contributed by atoms with Gasteiger partial charge in [0.1, 0.15) is 11.4 Å². The molecule has 2 aromatic heterocycles. The van der Waals surface area contributed by atoms with Crippen LogP contribution in [-0.4, -0.2) is 25.8 Å². The van der Waals surface area contributed by atoms with E-state index in [4.69, 9.17) is 5.11 Å². The second-order valence-electron chi connectivity index (χ2n) is 3.09. The number of thiazole rings is 1. The average Bonchev–Trinajstić information content (AvgIpc) is 2.71. The fourth-order valence-electron chi connectivity index (χ4n) is 1.27. The number of aromatic nitrogens is 3. The number of carboxylic acid groups (broad SMARTS) is 1. The number of aryl methyl sites for hydroxylation is 2. The Morgan fingerprint density at radius 1 is 1.60 bits per heavy atom. The van der Waals surface area contributed by atoms with Gasteiger partial charge in [-0.05, 0) is 13.0 Å². The standard InChI is InChI=1S/C9H9N3O2S/c1-5-10-4-8(15-5)6-3-7(9(13)14)12(2)11-6/h3-4H,1-2H3,(H,13,14). The number of nitrogens with zero attached hydrogens (tertiary/aromatic N) is 3. The number of rotatable bonds is 2. The number of aromatic carboxylic acids is 1. The number of carboxylic acids is 1. The van der Waals surface area contributed by atoms with E-state index in [1.165, 1.54) is 16.0 Å². The van der Waals surface area contributed by atoms with Gasteiger partial charge in [0, 0.05) is 13.2 Å². The second-order valence-corrected chi connectivity index (χ2v) is 4.32. The predicted octanol–water partition coefficient (Wildman–Crippen LogP) is 1.55. The van der Waals surface area contributed by atoms with Crippen LogP contribution in [-0.2, 0) is 7.05 Å². The van der Waals surface area contributed by atoms with Gasteiger partial charge in [0.15, 0.2) is 0 Å². The van der Waals surface area contributed by atoms with Crippen LogP contribution in [0.15, 0.2) is 12.3 Å². The van der Waals surface area contributed by atoms with Gasteiger partial charge in [0.2, 0.25) is 0 Å². The second kappa shape index (κ2) is 3.47. The largest absolute Gasteiger partial charge is 0.477 e. The summed E-state index contributed by atoms with van der Waals surface area (Å²) in [5.41, 5.74) is 0.830. The minimum atomic E-state index is -0.975. The van der Waals surface area contributed by atoms with Crippen LogP contribution < -0.4 is 0 Å². The zero-order valence-corrected chi connectivity index (χ0v) is 9.08. The molecule has 15 heavy (non-hydrogen) atoms. The monoisotopic (exact) mass is 223 g/mol. The van der Waals surface area contributed by atoms with E-state index in [1.807, 2.05) is 6.92 Å². The van der Waals surface area contributed by atoms with Gasteiger partial charge in [-0.1, -0.05) is 0 Å². The molecule has 1 N–H and O–H groups in total. The Balaban J connectivity index is 2.46. The van der Waals surface area contributed by atoms with Gasteiger partial charge >= 0.3 is 5.97 Å². The third-order valence-electron chi connectivity index (χ3n) is 1.97.